The predicted octanol–water partition coefficient (Wildman–Crippen LogP) is 2.08. The molecule has 1 aliphatic carbocycles. The zero-order valence-electron chi connectivity index (χ0n) is 10.8. The second kappa shape index (κ2) is 4.85. The molecule has 0 bridgehead atoms. The summed E-state index contributed by atoms with van der Waals surface area (Å²) < 4.78 is 0. The number of aliphatic carboxylic acids is 2. The molecular formula is C15H14O5. The van der Waals surface area contributed by atoms with Crippen molar-refractivity contribution in [3.8, 4) is 5.75 Å². The molecule has 20 heavy (non-hydrogen) atoms. The van der Waals surface area contributed by atoms with Crippen LogP contribution >= 0.6 is 0 Å². The number of carboxylic acids is 2. The molecule has 1 unspecified atom stereocenters. The number of carbonyl (C=O) groups is 2. The van der Waals surface area contributed by atoms with Crippen LogP contribution in [-0.2, 0) is 15.0 Å². The topological polar surface area (TPSA) is 94.8 Å². The van der Waals surface area contributed by atoms with Gasteiger partial charge < -0.3 is 15.3 Å². The van der Waals surface area contributed by atoms with E-state index < -0.39 is 17.4 Å². The maximum Gasteiger partial charge on any atom is 0.331 e. The third-order valence-corrected chi connectivity index (χ3v) is 3.57. The molecule has 5 heteroatoms. The van der Waals surface area contributed by atoms with Crippen molar-refractivity contribution in [3.05, 3.63) is 53.1 Å². The molecule has 0 heterocycles. The molecule has 3 N–H and O–H groups in total. The molecule has 104 valence electrons. The molecule has 0 aliphatic heterocycles. The van der Waals surface area contributed by atoms with Crippen molar-refractivity contribution < 1.29 is 24.9 Å². The monoisotopic (exact) mass is 274 g/mol. The molecule has 0 saturated carbocycles. The number of rotatable bonds is 3. The average molecular weight is 274 g/mol. The number of hydrogen-bond acceptors (Lipinski definition) is 3. The molecular weight excluding hydrogens is 260 g/mol. The van der Waals surface area contributed by atoms with E-state index in [-0.39, 0.29) is 23.3 Å². The second-order valence-corrected chi connectivity index (χ2v) is 4.77. The van der Waals surface area contributed by atoms with E-state index in [1.54, 1.807) is 19.1 Å². The lowest BCUT2D eigenvalue weighted by Crippen LogP contribution is -2.37. The summed E-state index contributed by atoms with van der Waals surface area (Å²) in [6.07, 6.45) is 2.72. The minimum absolute atomic E-state index is 0.0400. The van der Waals surface area contributed by atoms with Crippen molar-refractivity contribution in [2.24, 2.45) is 0 Å². The Morgan fingerprint density at radius 1 is 1.20 bits per heavy atom. The van der Waals surface area contributed by atoms with E-state index in [1.807, 2.05) is 0 Å². The number of benzene rings is 1. The zero-order valence-corrected chi connectivity index (χ0v) is 10.8. The molecule has 0 fully saturated rings. The van der Waals surface area contributed by atoms with Crippen molar-refractivity contribution in [2.45, 2.75) is 18.8 Å². The number of carboxylic acid groups (broad SMARTS) is 2. The van der Waals surface area contributed by atoms with Gasteiger partial charge >= 0.3 is 11.9 Å². The minimum atomic E-state index is -1.56. The maximum absolute atomic E-state index is 11.7. The summed E-state index contributed by atoms with van der Waals surface area (Å²) in [5, 5.41) is 28.7. The van der Waals surface area contributed by atoms with E-state index in [0.29, 0.717) is 5.57 Å². The van der Waals surface area contributed by atoms with Gasteiger partial charge in [0.05, 0.1) is 0 Å². The van der Waals surface area contributed by atoms with Crippen molar-refractivity contribution in [1.29, 1.82) is 0 Å². The van der Waals surface area contributed by atoms with Crippen LogP contribution < -0.4 is 0 Å². The van der Waals surface area contributed by atoms with Gasteiger partial charge in [-0.1, -0.05) is 30.4 Å². The van der Waals surface area contributed by atoms with E-state index in [9.17, 15) is 24.9 Å². The number of para-hydroxylation sites is 1. The molecule has 0 radical (unpaired) electrons. The Kier molecular flexibility index (Phi) is 3.36. The van der Waals surface area contributed by atoms with Crippen molar-refractivity contribution in [3.63, 3.8) is 0 Å². The Balaban J connectivity index is 2.62. The van der Waals surface area contributed by atoms with Gasteiger partial charge in [0.1, 0.15) is 11.2 Å². The SMILES string of the molecule is CC1=C(C(=O)O)CC(C(=O)O)(c2ccccc2O)C=C1. The van der Waals surface area contributed by atoms with Gasteiger partial charge in [0.15, 0.2) is 0 Å². The van der Waals surface area contributed by atoms with E-state index in [1.165, 1.54) is 24.3 Å². The van der Waals surface area contributed by atoms with Crippen LogP contribution in [0.3, 0.4) is 0 Å². The van der Waals surface area contributed by atoms with Crippen LogP contribution in [0.5, 0.6) is 5.75 Å². The highest BCUT2D eigenvalue weighted by Gasteiger charge is 2.43. The molecule has 5 nitrogen and oxygen atoms in total. The van der Waals surface area contributed by atoms with E-state index in [2.05, 4.69) is 0 Å². The normalized spacial score (nSPS) is 21.9. The quantitative estimate of drug-likeness (QED) is 0.784. The summed E-state index contributed by atoms with van der Waals surface area (Å²) in [5.41, 5.74) is -0.809. The Labute approximate surface area is 115 Å². The predicted molar refractivity (Wildman–Crippen MR) is 71.5 cm³/mol. The molecule has 1 aromatic rings. The molecule has 0 spiro atoms. The number of phenols is 1. The fourth-order valence-corrected chi connectivity index (χ4v) is 2.39. The smallest absolute Gasteiger partial charge is 0.331 e. The summed E-state index contributed by atoms with van der Waals surface area (Å²) in [4.78, 5) is 23.0. The number of hydrogen-bond donors (Lipinski definition) is 3. The van der Waals surface area contributed by atoms with Gasteiger partial charge in [-0.15, -0.1) is 0 Å². The minimum Gasteiger partial charge on any atom is -0.508 e. The van der Waals surface area contributed by atoms with Crippen LogP contribution in [0.25, 0.3) is 0 Å². The van der Waals surface area contributed by atoms with Gasteiger partial charge in [-0.05, 0) is 18.6 Å². The number of aromatic hydroxyl groups is 1. The number of phenolic OH excluding ortho intramolecular Hbond substituents is 1. The Bertz CT molecular complexity index is 641. The first-order valence-corrected chi connectivity index (χ1v) is 6.02. The van der Waals surface area contributed by atoms with Crippen LogP contribution in [0.15, 0.2) is 47.6 Å². The van der Waals surface area contributed by atoms with E-state index >= 15 is 0 Å². The Hall–Kier alpha value is -2.56. The lowest BCUT2D eigenvalue weighted by atomic mass is 9.71. The van der Waals surface area contributed by atoms with Gasteiger partial charge in [-0.2, -0.15) is 0 Å². The Morgan fingerprint density at radius 3 is 2.40 bits per heavy atom. The largest absolute Gasteiger partial charge is 0.508 e. The molecule has 1 aromatic carbocycles. The highest BCUT2D eigenvalue weighted by Crippen LogP contribution is 2.41. The van der Waals surface area contributed by atoms with Gasteiger partial charge in [0.2, 0.25) is 0 Å². The molecule has 0 aromatic heterocycles. The lowest BCUT2D eigenvalue weighted by molar-refractivity contribution is -0.142. The molecule has 0 saturated heterocycles. The molecule has 1 aliphatic rings. The van der Waals surface area contributed by atoms with E-state index in [4.69, 9.17) is 0 Å². The first-order valence-electron chi connectivity index (χ1n) is 6.02. The van der Waals surface area contributed by atoms with E-state index in [0.717, 1.165) is 0 Å². The second-order valence-electron chi connectivity index (χ2n) is 4.77. The first kappa shape index (κ1) is 13.9. The van der Waals surface area contributed by atoms with Crippen LogP contribution in [-0.4, -0.2) is 27.3 Å². The Morgan fingerprint density at radius 2 is 1.85 bits per heavy atom. The zero-order chi connectivity index (χ0) is 14.9. The van der Waals surface area contributed by atoms with Crippen LogP contribution in [0.1, 0.15) is 18.9 Å². The summed E-state index contributed by atoms with van der Waals surface area (Å²) in [5.74, 6) is -2.50. The van der Waals surface area contributed by atoms with Crippen molar-refractivity contribution in [2.75, 3.05) is 0 Å². The molecule has 2 rings (SSSR count). The third kappa shape index (κ3) is 2.07. The van der Waals surface area contributed by atoms with Crippen LogP contribution in [0.4, 0.5) is 0 Å². The summed E-state index contributed by atoms with van der Waals surface area (Å²) in [6, 6.07) is 6.08. The van der Waals surface area contributed by atoms with Gasteiger partial charge in [-0.25, -0.2) is 4.79 Å². The lowest BCUT2D eigenvalue weighted by Gasteiger charge is -2.30. The fourth-order valence-electron chi connectivity index (χ4n) is 2.39. The average Bonchev–Trinajstić information content (AvgIpc) is 2.40. The first-order chi connectivity index (χ1) is 9.38. The van der Waals surface area contributed by atoms with Gasteiger partial charge in [0.25, 0.3) is 0 Å². The van der Waals surface area contributed by atoms with Gasteiger partial charge in [-0.3, -0.25) is 4.79 Å². The van der Waals surface area contributed by atoms with Crippen LogP contribution in [0, 0.1) is 0 Å². The highest BCUT2D eigenvalue weighted by molar-refractivity contribution is 5.94. The molecule has 1 atom stereocenters. The summed E-state index contributed by atoms with van der Waals surface area (Å²) in [6.45, 7) is 1.62. The highest BCUT2D eigenvalue weighted by atomic mass is 16.4. The maximum atomic E-state index is 11.7. The number of allylic oxidation sites excluding steroid dienone is 2. The van der Waals surface area contributed by atoms with Crippen molar-refractivity contribution >= 4 is 11.9 Å². The summed E-state index contributed by atoms with van der Waals surface area (Å²) in [7, 11) is 0. The van der Waals surface area contributed by atoms with Crippen LogP contribution in [0.2, 0.25) is 0 Å². The third-order valence-electron chi connectivity index (χ3n) is 3.57. The molecule has 0 amide bonds. The van der Waals surface area contributed by atoms with Gasteiger partial charge in [0, 0.05) is 17.6 Å². The van der Waals surface area contributed by atoms with Crippen molar-refractivity contribution in [1.82, 2.24) is 0 Å². The fraction of sp³-hybridized carbons (Fsp3) is 0.200. The standard InChI is InChI=1S/C15H14O5/c1-9-6-7-15(14(19)20,8-10(9)13(17)18)11-4-2-3-5-12(11)16/h2-7,16H,8H2,1H3,(H,17,18)(H,19,20). The summed E-state index contributed by atoms with van der Waals surface area (Å²) >= 11 is 0.